The molecule has 0 aliphatic rings. The van der Waals surface area contributed by atoms with Crippen LogP contribution in [0.15, 0.2) is 42.5 Å². The van der Waals surface area contributed by atoms with E-state index in [1.165, 1.54) is 12.1 Å². The van der Waals surface area contributed by atoms with Gasteiger partial charge in [0.05, 0.1) is 19.3 Å². The normalized spacial score (nSPS) is 11.2. The lowest BCUT2D eigenvalue weighted by Crippen LogP contribution is -2.22. The zero-order valence-corrected chi connectivity index (χ0v) is 17.1. The van der Waals surface area contributed by atoms with Gasteiger partial charge in [-0.15, -0.1) is 0 Å². The standard InChI is InChI=1S/C23H29NO4/c1-5-24(6-2)16-18-14-20(22(26)15-23(18)28-7-3)21(25)12-11-17-9-8-10-19(13-17)27-4/h8-15,26H,5-7,16H2,1-4H3/b12-11+. The van der Waals surface area contributed by atoms with Crippen LogP contribution in [0.3, 0.4) is 0 Å². The van der Waals surface area contributed by atoms with Crippen molar-refractivity contribution in [3.8, 4) is 17.2 Å². The van der Waals surface area contributed by atoms with Crippen molar-refractivity contribution >= 4 is 11.9 Å². The highest BCUT2D eigenvalue weighted by Crippen LogP contribution is 2.30. The Labute approximate surface area is 167 Å². The van der Waals surface area contributed by atoms with Gasteiger partial charge in [0, 0.05) is 18.2 Å². The highest BCUT2D eigenvalue weighted by atomic mass is 16.5. The summed E-state index contributed by atoms with van der Waals surface area (Å²) in [5.74, 6) is 0.997. The van der Waals surface area contributed by atoms with Crippen LogP contribution in [0.5, 0.6) is 17.2 Å². The predicted octanol–water partition coefficient (Wildman–Crippen LogP) is 4.54. The minimum Gasteiger partial charge on any atom is -0.507 e. The Balaban J connectivity index is 2.32. The van der Waals surface area contributed by atoms with E-state index >= 15 is 0 Å². The molecule has 0 bridgehead atoms. The Morgan fingerprint density at radius 2 is 1.89 bits per heavy atom. The van der Waals surface area contributed by atoms with Crippen LogP contribution in [-0.2, 0) is 6.54 Å². The smallest absolute Gasteiger partial charge is 0.189 e. The fraction of sp³-hybridized carbons (Fsp3) is 0.348. The number of ether oxygens (including phenoxy) is 2. The Morgan fingerprint density at radius 1 is 1.14 bits per heavy atom. The Kier molecular flexibility index (Phi) is 8.08. The van der Waals surface area contributed by atoms with E-state index in [-0.39, 0.29) is 17.1 Å². The molecule has 0 aliphatic heterocycles. The molecule has 0 aromatic heterocycles. The van der Waals surface area contributed by atoms with Gasteiger partial charge < -0.3 is 14.6 Å². The summed E-state index contributed by atoms with van der Waals surface area (Å²) < 4.78 is 10.9. The molecule has 0 heterocycles. The van der Waals surface area contributed by atoms with E-state index in [0.29, 0.717) is 18.9 Å². The lowest BCUT2D eigenvalue weighted by Gasteiger charge is -2.21. The molecule has 0 fully saturated rings. The number of rotatable bonds is 10. The van der Waals surface area contributed by atoms with E-state index in [1.54, 1.807) is 19.3 Å². The summed E-state index contributed by atoms with van der Waals surface area (Å²) in [5, 5.41) is 10.4. The molecule has 0 saturated heterocycles. The van der Waals surface area contributed by atoms with Gasteiger partial charge in [-0.25, -0.2) is 0 Å². The summed E-state index contributed by atoms with van der Waals surface area (Å²) in [7, 11) is 1.60. The number of nitrogens with zero attached hydrogens (tertiary/aromatic N) is 1. The zero-order chi connectivity index (χ0) is 20.5. The average Bonchev–Trinajstić information content (AvgIpc) is 2.71. The van der Waals surface area contributed by atoms with Crippen molar-refractivity contribution < 1.29 is 19.4 Å². The predicted molar refractivity (Wildman–Crippen MR) is 112 cm³/mol. The Morgan fingerprint density at radius 3 is 2.54 bits per heavy atom. The van der Waals surface area contributed by atoms with Gasteiger partial charge in [-0.1, -0.05) is 32.1 Å². The van der Waals surface area contributed by atoms with Gasteiger partial charge in [0.1, 0.15) is 17.2 Å². The molecule has 5 heteroatoms. The molecule has 2 rings (SSSR count). The highest BCUT2D eigenvalue weighted by Gasteiger charge is 2.16. The number of allylic oxidation sites excluding steroid dienone is 1. The maximum atomic E-state index is 12.7. The van der Waals surface area contributed by atoms with Crippen LogP contribution in [0.2, 0.25) is 0 Å². The molecule has 5 nitrogen and oxygen atoms in total. The monoisotopic (exact) mass is 383 g/mol. The number of carbonyl (C=O) groups excluding carboxylic acids is 1. The second-order valence-corrected chi connectivity index (χ2v) is 6.35. The first-order valence-corrected chi connectivity index (χ1v) is 9.59. The van der Waals surface area contributed by atoms with Crippen LogP contribution in [-0.4, -0.2) is 42.6 Å². The number of benzene rings is 2. The number of ketones is 1. The summed E-state index contributed by atoms with van der Waals surface area (Å²) in [4.78, 5) is 14.9. The van der Waals surface area contributed by atoms with Gasteiger partial charge in [-0.2, -0.15) is 0 Å². The summed E-state index contributed by atoms with van der Waals surface area (Å²) in [6, 6.07) is 10.7. The number of hydrogen-bond donors (Lipinski definition) is 1. The first-order valence-electron chi connectivity index (χ1n) is 9.59. The topological polar surface area (TPSA) is 59.0 Å². The molecule has 0 aliphatic carbocycles. The largest absolute Gasteiger partial charge is 0.507 e. The molecule has 28 heavy (non-hydrogen) atoms. The molecule has 150 valence electrons. The number of methoxy groups -OCH3 is 1. The number of carbonyl (C=O) groups is 1. The fourth-order valence-electron chi connectivity index (χ4n) is 2.92. The van der Waals surface area contributed by atoms with Crippen molar-refractivity contribution in [2.24, 2.45) is 0 Å². The van der Waals surface area contributed by atoms with Gasteiger partial charge in [0.25, 0.3) is 0 Å². The third-order valence-electron chi connectivity index (χ3n) is 4.55. The second kappa shape index (κ2) is 10.5. The fourth-order valence-corrected chi connectivity index (χ4v) is 2.92. The zero-order valence-electron chi connectivity index (χ0n) is 17.1. The molecule has 0 spiro atoms. The molecule has 0 amide bonds. The molecule has 2 aromatic rings. The number of phenolic OH excluding ortho intramolecular Hbond substituents is 1. The Hall–Kier alpha value is -2.79. The third kappa shape index (κ3) is 5.60. The first kappa shape index (κ1) is 21.5. The Bertz CT molecular complexity index is 825. The minimum atomic E-state index is -0.260. The van der Waals surface area contributed by atoms with Crippen molar-refractivity contribution in [2.45, 2.75) is 27.3 Å². The van der Waals surface area contributed by atoms with Gasteiger partial charge in [-0.05, 0) is 49.9 Å². The van der Waals surface area contributed by atoms with Gasteiger partial charge in [0.2, 0.25) is 0 Å². The van der Waals surface area contributed by atoms with E-state index in [4.69, 9.17) is 9.47 Å². The van der Waals surface area contributed by atoms with Crippen LogP contribution in [0, 0.1) is 0 Å². The summed E-state index contributed by atoms with van der Waals surface area (Å²) in [6.07, 6.45) is 3.18. The molecule has 2 aromatic carbocycles. The molecular weight excluding hydrogens is 354 g/mol. The van der Waals surface area contributed by atoms with Crippen molar-refractivity contribution in [2.75, 3.05) is 26.8 Å². The second-order valence-electron chi connectivity index (χ2n) is 6.35. The summed E-state index contributed by atoms with van der Waals surface area (Å²) >= 11 is 0. The molecule has 0 atom stereocenters. The number of phenols is 1. The van der Waals surface area contributed by atoms with E-state index in [0.717, 1.165) is 30.0 Å². The SMILES string of the molecule is CCOc1cc(O)c(C(=O)/C=C/c2cccc(OC)c2)cc1CN(CC)CC. The number of aromatic hydroxyl groups is 1. The van der Waals surface area contributed by atoms with Crippen LogP contribution in [0.4, 0.5) is 0 Å². The van der Waals surface area contributed by atoms with E-state index in [2.05, 4.69) is 18.7 Å². The van der Waals surface area contributed by atoms with Crippen LogP contribution < -0.4 is 9.47 Å². The van der Waals surface area contributed by atoms with Gasteiger partial charge >= 0.3 is 0 Å². The van der Waals surface area contributed by atoms with Crippen molar-refractivity contribution in [3.63, 3.8) is 0 Å². The van der Waals surface area contributed by atoms with Crippen LogP contribution in [0.25, 0.3) is 6.08 Å². The van der Waals surface area contributed by atoms with Crippen molar-refractivity contribution in [3.05, 3.63) is 59.2 Å². The minimum absolute atomic E-state index is 0.0768. The lowest BCUT2D eigenvalue weighted by molar-refractivity contribution is 0.104. The molecule has 0 saturated carbocycles. The molecule has 0 unspecified atom stereocenters. The summed E-state index contributed by atoms with van der Waals surface area (Å²) in [5.41, 5.74) is 2.01. The van der Waals surface area contributed by atoms with Gasteiger partial charge in [-0.3, -0.25) is 9.69 Å². The first-order chi connectivity index (χ1) is 13.5. The average molecular weight is 383 g/mol. The van der Waals surface area contributed by atoms with Crippen LogP contribution >= 0.6 is 0 Å². The highest BCUT2D eigenvalue weighted by molar-refractivity contribution is 6.08. The third-order valence-corrected chi connectivity index (χ3v) is 4.55. The van der Waals surface area contributed by atoms with Crippen molar-refractivity contribution in [1.29, 1.82) is 0 Å². The lowest BCUT2D eigenvalue weighted by atomic mass is 10.0. The maximum absolute atomic E-state index is 12.7. The summed E-state index contributed by atoms with van der Waals surface area (Å²) in [6.45, 7) is 9.01. The molecule has 0 radical (unpaired) electrons. The van der Waals surface area contributed by atoms with E-state index < -0.39 is 0 Å². The van der Waals surface area contributed by atoms with Gasteiger partial charge in [0.15, 0.2) is 5.78 Å². The van der Waals surface area contributed by atoms with E-state index in [9.17, 15) is 9.90 Å². The maximum Gasteiger partial charge on any atom is 0.189 e. The number of hydrogen-bond acceptors (Lipinski definition) is 5. The molecule has 1 N–H and O–H groups in total. The quantitative estimate of drug-likeness (QED) is 0.482. The van der Waals surface area contributed by atoms with Crippen molar-refractivity contribution in [1.82, 2.24) is 4.90 Å². The van der Waals surface area contributed by atoms with E-state index in [1.807, 2.05) is 31.2 Å². The molecular formula is C23H29NO4. The van der Waals surface area contributed by atoms with Crippen LogP contribution in [0.1, 0.15) is 42.3 Å².